The SMILES string of the molecule is CCOc1ccc([AsH2])c(C(F)(F)F)c1. The van der Waals surface area contributed by atoms with Gasteiger partial charge in [-0.1, -0.05) is 0 Å². The van der Waals surface area contributed by atoms with E-state index in [-0.39, 0.29) is 10.1 Å². The molecule has 78 valence electrons. The molecule has 0 spiro atoms. The molecule has 0 aliphatic heterocycles. The number of rotatable bonds is 2. The zero-order valence-corrected chi connectivity index (χ0v) is 9.98. The molecule has 14 heavy (non-hydrogen) atoms. The number of ether oxygens (including phenoxy) is 1. The Labute approximate surface area is 88.8 Å². The van der Waals surface area contributed by atoms with Gasteiger partial charge in [-0.15, -0.1) is 0 Å². The molecule has 0 bridgehead atoms. The molecule has 0 aliphatic rings. The van der Waals surface area contributed by atoms with Crippen molar-refractivity contribution in [2.75, 3.05) is 6.61 Å². The zero-order chi connectivity index (χ0) is 10.8. The average Bonchev–Trinajstić information content (AvgIpc) is 2.07. The quantitative estimate of drug-likeness (QED) is 0.734. The van der Waals surface area contributed by atoms with Gasteiger partial charge in [-0.2, -0.15) is 0 Å². The summed E-state index contributed by atoms with van der Waals surface area (Å²) in [5.74, 6) is 0.265. The first kappa shape index (κ1) is 11.4. The molecule has 0 radical (unpaired) electrons. The van der Waals surface area contributed by atoms with Gasteiger partial charge >= 0.3 is 88.3 Å². The average molecular weight is 266 g/mol. The first-order chi connectivity index (χ1) is 6.45. The van der Waals surface area contributed by atoms with Gasteiger partial charge in [-0.3, -0.25) is 0 Å². The normalized spacial score (nSPS) is 11.5. The third-order valence-corrected chi connectivity index (χ3v) is 2.70. The molecule has 0 saturated carbocycles. The van der Waals surface area contributed by atoms with Gasteiger partial charge in [0.25, 0.3) is 0 Å². The molecule has 1 atom stereocenters. The Balaban J connectivity index is 3.09. The van der Waals surface area contributed by atoms with E-state index < -0.39 is 11.7 Å². The minimum atomic E-state index is -4.29. The van der Waals surface area contributed by atoms with Crippen molar-refractivity contribution in [3.05, 3.63) is 23.8 Å². The Kier molecular flexibility index (Phi) is 3.48. The Bertz CT molecular complexity index is 322. The van der Waals surface area contributed by atoms with Crippen LogP contribution in [0.25, 0.3) is 0 Å². The molecule has 0 fully saturated rings. The van der Waals surface area contributed by atoms with Crippen LogP contribution in [-0.4, -0.2) is 23.5 Å². The summed E-state index contributed by atoms with van der Waals surface area (Å²) in [4.78, 5) is 0. The van der Waals surface area contributed by atoms with Crippen molar-refractivity contribution in [2.45, 2.75) is 13.1 Å². The number of halogens is 3. The summed E-state index contributed by atoms with van der Waals surface area (Å²) in [6.45, 7) is 2.10. The predicted octanol–water partition coefficient (Wildman–Crippen LogP) is 1.36. The third kappa shape index (κ3) is 2.68. The van der Waals surface area contributed by atoms with Crippen molar-refractivity contribution in [1.82, 2.24) is 0 Å². The van der Waals surface area contributed by atoms with Gasteiger partial charge < -0.3 is 0 Å². The van der Waals surface area contributed by atoms with Gasteiger partial charge in [0.05, 0.1) is 0 Å². The molecule has 0 N–H and O–H groups in total. The summed E-state index contributed by atoms with van der Waals surface area (Å²) in [6, 6.07) is 4.03. The summed E-state index contributed by atoms with van der Waals surface area (Å²) >= 11 is 0.958. The van der Waals surface area contributed by atoms with Crippen LogP contribution in [0.15, 0.2) is 18.2 Å². The van der Waals surface area contributed by atoms with Gasteiger partial charge in [0.2, 0.25) is 0 Å². The fourth-order valence-electron chi connectivity index (χ4n) is 1.04. The van der Waals surface area contributed by atoms with Crippen LogP contribution in [-0.2, 0) is 6.18 Å². The maximum absolute atomic E-state index is 12.4. The third-order valence-electron chi connectivity index (χ3n) is 1.64. The van der Waals surface area contributed by atoms with E-state index in [1.807, 2.05) is 0 Å². The van der Waals surface area contributed by atoms with E-state index in [9.17, 15) is 13.2 Å². The Morgan fingerprint density at radius 1 is 1.36 bits per heavy atom. The van der Waals surface area contributed by atoms with Crippen LogP contribution in [0, 0.1) is 0 Å². The van der Waals surface area contributed by atoms with Crippen molar-refractivity contribution >= 4 is 21.2 Å². The molecule has 1 nitrogen and oxygen atoms in total. The second kappa shape index (κ2) is 4.26. The van der Waals surface area contributed by atoms with Gasteiger partial charge in [0.1, 0.15) is 0 Å². The monoisotopic (exact) mass is 266 g/mol. The van der Waals surface area contributed by atoms with Crippen LogP contribution < -0.4 is 9.09 Å². The van der Waals surface area contributed by atoms with Crippen molar-refractivity contribution in [2.24, 2.45) is 0 Å². The van der Waals surface area contributed by atoms with E-state index >= 15 is 0 Å². The standard InChI is InChI=1S/C9H10AsF3O/c1-2-14-6-3-4-8(10)7(5-6)9(11,12)13/h3-5H,2,10H2,1H3. The number of hydrogen-bond acceptors (Lipinski definition) is 1. The first-order valence-electron chi connectivity index (χ1n) is 4.04. The van der Waals surface area contributed by atoms with E-state index in [1.165, 1.54) is 6.07 Å². The molecule has 1 rings (SSSR count). The van der Waals surface area contributed by atoms with Crippen LogP contribution in [0.3, 0.4) is 0 Å². The molecule has 0 saturated heterocycles. The molecular weight excluding hydrogens is 256 g/mol. The zero-order valence-electron chi connectivity index (χ0n) is 7.56. The molecule has 0 amide bonds. The Hall–Kier alpha value is -0.632. The van der Waals surface area contributed by atoms with E-state index in [2.05, 4.69) is 0 Å². The van der Waals surface area contributed by atoms with Crippen molar-refractivity contribution in [3.8, 4) is 5.75 Å². The van der Waals surface area contributed by atoms with Gasteiger partial charge in [0, 0.05) is 0 Å². The number of alkyl halides is 3. The molecule has 0 aliphatic carbocycles. The van der Waals surface area contributed by atoms with Crippen LogP contribution >= 0.6 is 0 Å². The summed E-state index contributed by atoms with van der Waals surface area (Å²) in [6.07, 6.45) is -4.29. The van der Waals surface area contributed by atoms with Gasteiger partial charge in [-0.05, 0) is 0 Å². The van der Waals surface area contributed by atoms with Crippen LogP contribution in [0.5, 0.6) is 5.75 Å². The molecule has 1 unspecified atom stereocenters. The predicted molar refractivity (Wildman–Crippen MR) is 50.8 cm³/mol. The molecule has 0 aromatic heterocycles. The number of benzene rings is 1. The summed E-state index contributed by atoms with van der Waals surface area (Å²) in [5.41, 5.74) is -0.608. The molecule has 5 heteroatoms. The summed E-state index contributed by atoms with van der Waals surface area (Å²) in [7, 11) is 0. The maximum atomic E-state index is 12.4. The molecule has 1 aromatic rings. The van der Waals surface area contributed by atoms with Gasteiger partial charge in [-0.25, -0.2) is 0 Å². The van der Waals surface area contributed by atoms with E-state index in [1.54, 1.807) is 13.0 Å². The van der Waals surface area contributed by atoms with Gasteiger partial charge in [0.15, 0.2) is 0 Å². The Morgan fingerprint density at radius 3 is 2.50 bits per heavy atom. The number of hydrogen-bond donors (Lipinski definition) is 0. The fourth-order valence-corrected chi connectivity index (χ4v) is 1.76. The summed E-state index contributed by atoms with van der Waals surface area (Å²) in [5, 5.41) is 0. The van der Waals surface area contributed by atoms with Crippen molar-refractivity contribution in [1.29, 1.82) is 0 Å². The van der Waals surface area contributed by atoms with Crippen LogP contribution in [0.1, 0.15) is 12.5 Å². The fraction of sp³-hybridized carbons (Fsp3) is 0.333. The topological polar surface area (TPSA) is 9.23 Å². The van der Waals surface area contributed by atoms with E-state index in [4.69, 9.17) is 4.74 Å². The molecule has 0 heterocycles. The minimum absolute atomic E-state index is 0.265. The second-order valence-corrected chi connectivity index (χ2v) is 3.98. The van der Waals surface area contributed by atoms with E-state index in [0.29, 0.717) is 6.61 Å². The van der Waals surface area contributed by atoms with Crippen molar-refractivity contribution in [3.63, 3.8) is 0 Å². The van der Waals surface area contributed by atoms with Crippen LogP contribution in [0.2, 0.25) is 0 Å². The molecule has 1 aromatic carbocycles. The Morgan fingerprint density at radius 2 is 2.00 bits per heavy atom. The van der Waals surface area contributed by atoms with Crippen molar-refractivity contribution < 1.29 is 17.9 Å². The van der Waals surface area contributed by atoms with Crippen LogP contribution in [0.4, 0.5) is 13.2 Å². The second-order valence-electron chi connectivity index (χ2n) is 2.68. The van der Waals surface area contributed by atoms with E-state index in [0.717, 1.165) is 22.9 Å². The first-order valence-corrected chi connectivity index (χ1v) is 5.25. The summed E-state index contributed by atoms with van der Waals surface area (Å²) < 4.78 is 42.5. The molecular formula is C9H10AsF3O.